The molecular weight excluding hydrogens is 311 g/mol. The van der Waals surface area contributed by atoms with Crippen LogP contribution in [0.25, 0.3) is 0 Å². The van der Waals surface area contributed by atoms with E-state index in [1.807, 2.05) is 6.92 Å². The lowest BCUT2D eigenvalue weighted by Crippen LogP contribution is -2.13. The quantitative estimate of drug-likeness (QED) is 0.792. The topological polar surface area (TPSA) is 77.0 Å². The van der Waals surface area contributed by atoms with Gasteiger partial charge < -0.3 is 10.1 Å². The number of amides is 1. The average molecular weight is 326 g/mol. The third kappa shape index (κ3) is 3.89. The second-order valence-electron chi connectivity index (χ2n) is 5.02. The Balaban J connectivity index is 0.00000225. The number of pyridine rings is 1. The van der Waals surface area contributed by atoms with E-state index in [-0.39, 0.29) is 18.6 Å². The lowest BCUT2D eigenvalue weighted by molar-refractivity contribution is 0.102. The number of anilines is 1. The molecule has 0 aliphatic heterocycles. The van der Waals surface area contributed by atoms with Crippen molar-refractivity contribution >= 4 is 11.6 Å². The van der Waals surface area contributed by atoms with Crippen molar-refractivity contribution in [2.75, 3.05) is 5.32 Å². The molecular formula is C17H15FN4O2. The maximum atomic E-state index is 13.8. The Morgan fingerprint density at radius 1 is 1.17 bits per heavy atom. The van der Waals surface area contributed by atoms with Crippen molar-refractivity contribution in [1.29, 1.82) is 0 Å². The number of aromatic nitrogens is 3. The number of nitrogens with zero attached hydrogens (tertiary/aromatic N) is 3. The van der Waals surface area contributed by atoms with Crippen LogP contribution in [0.1, 0.15) is 17.5 Å². The van der Waals surface area contributed by atoms with Crippen LogP contribution in [0.5, 0.6) is 11.5 Å². The molecule has 2 heterocycles. The molecule has 1 aromatic carbocycles. The number of hydrogen-bond donors (Lipinski definition) is 1. The Hall–Kier alpha value is -3.35. The molecule has 0 saturated carbocycles. The summed E-state index contributed by atoms with van der Waals surface area (Å²) in [4.78, 5) is 23.8. The molecule has 0 spiro atoms. The van der Waals surface area contributed by atoms with Gasteiger partial charge in [-0.15, -0.1) is 0 Å². The van der Waals surface area contributed by atoms with Crippen molar-refractivity contribution in [2.45, 2.75) is 6.92 Å². The van der Waals surface area contributed by atoms with Crippen molar-refractivity contribution in [3.8, 4) is 11.5 Å². The van der Waals surface area contributed by atoms with E-state index in [1.54, 1.807) is 18.3 Å². The number of halogens is 1. The molecule has 7 heteroatoms. The van der Waals surface area contributed by atoms with Gasteiger partial charge in [0.2, 0.25) is 0 Å². The summed E-state index contributed by atoms with van der Waals surface area (Å²) < 4.78 is 19.2. The number of rotatable bonds is 4. The molecule has 122 valence electrons. The Kier molecular flexibility index (Phi) is 4.42. The monoisotopic (exact) mass is 326 g/mol. The van der Waals surface area contributed by atoms with Crippen LogP contribution in [0.3, 0.4) is 0 Å². The highest BCUT2D eigenvalue weighted by Crippen LogP contribution is 2.25. The van der Waals surface area contributed by atoms with Gasteiger partial charge in [0.15, 0.2) is 5.75 Å². The van der Waals surface area contributed by atoms with E-state index in [0.29, 0.717) is 5.75 Å². The van der Waals surface area contributed by atoms with Crippen LogP contribution in [0, 0.1) is 12.7 Å². The highest BCUT2D eigenvalue weighted by atomic mass is 19.1. The van der Waals surface area contributed by atoms with E-state index in [0.717, 1.165) is 5.56 Å². The van der Waals surface area contributed by atoms with Gasteiger partial charge in [0.25, 0.3) is 5.91 Å². The SMILES string of the molecule is Cc1ccnc(C(=O)Nc2cc(F)cc(Oc3cncnc3)c2)c1.[HH]. The number of hydrogen-bond acceptors (Lipinski definition) is 5. The van der Waals surface area contributed by atoms with E-state index in [9.17, 15) is 9.18 Å². The summed E-state index contributed by atoms with van der Waals surface area (Å²) in [5, 5.41) is 2.60. The summed E-state index contributed by atoms with van der Waals surface area (Å²) in [6.45, 7) is 1.86. The summed E-state index contributed by atoms with van der Waals surface area (Å²) >= 11 is 0. The molecule has 0 aliphatic carbocycles. The van der Waals surface area contributed by atoms with Crippen molar-refractivity contribution in [3.05, 3.63) is 72.3 Å². The molecule has 1 N–H and O–H groups in total. The summed E-state index contributed by atoms with van der Waals surface area (Å²) in [7, 11) is 0. The maximum Gasteiger partial charge on any atom is 0.274 e. The van der Waals surface area contributed by atoms with Crippen LogP contribution in [-0.4, -0.2) is 20.9 Å². The second kappa shape index (κ2) is 6.82. The maximum absolute atomic E-state index is 13.8. The molecule has 1 amide bonds. The van der Waals surface area contributed by atoms with Gasteiger partial charge in [-0.2, -0.15) is 0 Å². The molecule has 2 aromatic heterocycles. The minimum Gasteiger partial charge on any atom is -0.454 e. The fourth-order valence-corrected chi connectivity index (χ4v) is 2.02. The first-order chi connectivity index (χ1) is 11.6. The minimum absolute atomic E-state index is 0. The highest BCUT2D eigenvalue weighted by Gasteiger charge is 2.10. The number of nitrogens with one attached hydrogen (secondary N) is 1. The van der Waals surface area contributed by atoms with Gasteiger partial charge in [-0.05, 0) is 30.7 Å². The third-order valence-corrected chi connectivity index (χ3v) is 3.05. The van der Waals surface area contributed by atoms with E-state index in [1.165, 1.54) is 36.9 Å². The summed E-state index contributed by atoms with van der Waals surface area (Å²) in [5.41, 5.74) is 1.41. The molecule has 3 aromatic rings. The number of carbonyl (C=O) groups excluding carboxylic acids is 1. The molecule has 6 nitrogen and oxygen atoms in total. The molecule has 3 rings (SSSR count). The summed E-state index contributed by atoms with van der Waals surface area (Å²) in [5.74, 6) is -0.395. The zero-order chi connectivity index (χ0) is 16.9. The molecule has 0 radical (unpaired) electrons. The van der Waals surface area contributed by atoms with E-state index >= 15 is 0 Å². The van der Waals surface area contributed by atoms with Gasteiger partial charge in [-0.1, -0.05) is 0 Å². The predicted molar refractivity (Wildman–Crippen MR) is 87.5 cm³/mol. The first-order valence-corrected chi connectivity index (χ1v) is 7.07. The van der Waals surface area contributed by atoms with E-state index in [4.69, 9.17) is 4.74 Å². The standard InChI is InChI=1S/C17H13FN4O2.H2/c1-11-2-3-21-16(4-11)17(23)22-13-5-12(18)6-14(7-13)24-15-8-19-10-20-9-15;/h2-10H,1H3,(H,22,23);1H. The molecule has 0 fully saturated rings. The van der Waals surface area contributed by atoms with Crippen LogP contribution in [0.2, 0.25) is 0 Å². The second-order valence-corrected chi connectivity index (χ2v) is 5.02. The van der Waals surface area contributed by atoms with Crippen molar-refractivity contribution in [3.63, 3.8) is 0 Å². The average Bonchev–Trinajstić information content (AvgIpc) is 2.55. The number of benzene rings is 1. The van der Waals surface area contributed by atoms with Crippen LogP contribution in [0.15, 0.2) is 55.2 Å². The molecule has 0 unspecified atom stereocenters. The number of aryl methyl sites for hydroxylation is 1. The summed E-state index contributed by atoms with van der Waals surface area (Å²) in [6.07, 6.45) is 5.80. The molecule has 0 bridgehead atoms. The first kappa shape index (κ1) is 15.5. The molecule has 0 saturated heterocycles. The fraction of sp³-hybridized carbons (Fsp3) is 0.0588. The summed E-state index contributed by atoms with van der Waals surface area (Å²) in [6, 6.07) is 7.33. The van der Waals surface area contributed by atoms with Gasteiger partial charge in [0, 0.05) is 25.4 Å². The Morgan fingerprint density at radius 2 is 1.96 bits per heavy atom. The zero-order valence-corrected chi connectivity index (χ0v) is 12.7. The number of ether oxygens (including phenoxy) is 1. The van der Waals surface area contributed by atoms with E-state index < -0.39 is 11.7 Å². The van der Waals surface area contributed by atoms with Gasteiger partial charge in [0.05, 0.1) is 12.4 Å². The van der Waals surface area contributed by atoms with Crippen LogP contribution < -0.4 is 10.1 Å². The van der Waals surface area contributed by atoms with Crippen LogP contribution in [0.4, 0.5) is 10.1 Å². The molecule has 0 aliphatic rings. The van der Waals surface area contributed by atoms with Gasteiger partial charge >= 0.3 is 0 Å². The van der Waals surface area contributed by atoms with E-state index in [2.05, 4.69) is 20.3 Å². The first-order valence-electron chi connectivity index (χ1n) is 7.07. The van der Waals surface area contributed by atoms with Gasteiger partial charge in [-0.25, -0.2) is 14.4 Å². The largest absolute Gasteiger partial charge is 0.454 e. The predicted octanol–water partition coefficient (Wildman–Crippen LogP) is 3.61. The Bertz CT molecular complexity index is 878. The van der Waals surface area contributed by atoms with Gasteiger partial charge in [-0.3, -0.25) is 9.78 Å². The van der Waals surface area contributed by atoms with Crippen LogP contribution in [-0.2, 0) is 0 Å². The molecule has 0 atom stereocenters. The Labute approximate surface area is 138 Å². The lowest BCUT2D eigenvalue weighted by Gasteiger charge is -2.09. The third-order valence-electron chi connectivity index (χ3n) is 3.05. The van der Waals surface area contributed by atoms with Crippen molar-refractivity contribution < 1.29 is 15.3 Å². The van der Waals surface area contributed by atoms with Gasteiger partial charge in [0.1, 0.15) is 23.6 Å². The smallest absolute Gasteiger partial charge is 0.274 e. The highest BCUT2D eigenvalue weighted by molar-refractivity contribution is 6.03. The Morgan fingerprint density at radius 3 is 2.71 bits per heavy atom. The minimum atomic E-state index is -0.545. The fourth-order valence-electron chi connectivity index (χ4n) is 2.02. The zero-order valence-electron chi connectivity index (χ0n) is 12.7. The normalized spacial score (nSPS) is 10.2. The van der Waals surface area contributed by atoms with Crippen LogP contribution >= 0.6 is 0 Å². The van der Waals surface area contributed by atoms with Crippen molar-refractivity contribution in [2.24, 2.45) is 0 Å². The molecule has 24 heavy (non-hydrogen) atoms. The van der Waals surface area contributed by atoms with Crippen molar-refractivity contribution in [1.82, 2.24) is 15.0 Å². The lowest BCUT2D eigenvalue weighted by atomic mass is 10.2. The number of carbonyl (C=O) groups is 1.